The SMILES string of the molecule is CC(=O)c1ccc2c3cccc4cc(N)cc(c5ccc(C(=O)I)c1c25)c43. The van der Waals surface area contributed by atoms with Crippen LogP contribution < -0.4 is 5.73 Å². The molecule has 0 fully saturated rings. The Morgan fingerprint density at radius 1 is 0.778 bits per heavy atom. The van der Waals surface area contributed by atoms with Crippen LogP contribution in [0, 0.1) is 0 Å². The fourth-order valence-electron chi connectivity index (χ4n) is 4.29. The first-order valence-corrected chi connectivity index (χ1v) is 9.68. The smallest absolute Gasteiger partial charge is 0.223 e. The second-order valence-electron chi connectivity index (χ2n) is 6.87. The lowest BCUT2D eigenvalue weighted by Crippen LogP contribution is -2.01. The summed E-state index contributed by atoms with van der Waals surface area (Å²) in [6.07, 6.45) is 0. The predicted molar refractivity (Wildman–Crippen MR) is 120 cm³/mol. The monoisotopic (exact) mass is 463 g/mol. The van der Waals surface area contributed by atoms with Crippen LogP contribution in [0.15, 0.2) is 54.6 Å². The number of Topliss-reactive ketones (excluding diaryl/α,β-unsaturated/α-hetero) is 1. The van der Waals surface area contributed by atoms with Crippen molar-refractivity contribution in [1.29, 1.82) is 0 Å². The predicted octanol–water partition coefficient (Wildman–Crippen LogP) is 6.10. The summed E-state index contributed by atoms with van der Waals surface area (Å²) in [5.74, 6) is -0.0471. The lowest BCUT2D eigenvalue weighted by molar-refractivity contribution is 0.101. The summed E-state index contributed by atoms with van der Waals surface area (Å²) in [5.41, 5.74) is 8.02. The summed E-state index contributed by atoms with van der Waals surface area (Å²) in [6.45, 7) is 1.54. The number of carbonyl (C=O) groups excluding carboxylic acids is 2. The number of hydrogen-bond acceptors (Lipinski definition) is 3. The number of fused-ring (bicyclic) bond motifs is 2. The van der Waals surface area contributed by atoms with Crippen molar-refractivity contribution >= 4 is 80.9 Å². The molecule has 5 rings (SSSR count). The van der Waals surface area contributed by atoms with E-state index in [-0.39, 0.29) is 9.57 Å². The third-order valence-electron chi connectivity index (χ3n) is 5.33. The first-order chi connectivity index (χ1) is 13.0. The number of halogens is 1. The van der Waals surface area contributed by atoms with Crippen LogP contribution in [-0.2, 0) is 0 Å². The van der Waals surface area contributed by atoms with Crippen LogP contribution in [0.3, 0.4) is 0 Å². The van der Waals surface area contributed by atoms with Crippen LogP contribution >= 0.6 is 22.6 Å². The van der Waals surface area contributed by atoms with Gasteiger partial charge in [-0.3, -0.25) is 9.59 Å². The first kappa shape index (κ1) is 16.4. The van der Waals surface area contributed by atoms with Gasteiger partial charge in [-0.25, -0.2) is 0 Å². The highest BCUT2D eigenvalue weighted by Gasteiger charge is 2.20. The third kappa shape index (κ3) is 2.19. The molecule has 5 aromatic rings. The number of nitrogens with two attached hydrogens (primary N) is 1. The van der Waals surface area contributed by atoms with E-state index in [1.54, 1.807) is 29.5 Å². The second-order valence-corrected chi connectivity index (χ2v) is 7.85. The topological polar surface area (TPSA) is 60.2 Å². The van der Waals surface area contributed by atoms with Crippen molar-refractivity contribution in [3.8, 4) is 0 Å². The minimum Gasteiger partial charge on any atom is -0.399 e. The highest BCUT2D eigenvalue weighted by Crippen LogP contribution is 2.43. The van der Waals surface area contributed by atoms with E-state index in [1.165, 1.54) is 0 Å². The van der Waals surface area contributed by atoms with E-state index in [1.807, 2.05) is 42.5 Å². The van der Waals surface area contributed by atoms with E-state index in [2.05, 4.69) is 12.1 Å². The first-order valence-electron chi connectivity index (χ1n) is 8.61. The molecule has 4 heteroatoms. The molecule has 0 spiro atoms. The number of anilines is 1. The van der Waals surface area contributed by atoms with Crippen LogP contribution in [0.5, 0.6) is 0 Å². The van der Waals surface area contributed by atoms with Crippen LogP contribution in [-0.4, -0.2) is 9.57 Å². The van der Waals surface area contributed by atoms with E-state index in [9.17, 15) is 9.59 Å². The molecule has 0 radical (unpaired) electrons. The molecule has 3 nitrogen and oxygen atoms in total. The van der Waals surface area contributed by atoms with E-state index in [0.29, 0.717) is 16.8 Å². The highest BCUT2D eigenvalue weighted by atomic mass is 127. The summed E-state index contributed by atoms with van der Waals surface area (Å²) in [5, 5.41) is 8.15. The molecule has 0 aliphatic rings. The minimum atomic E-state index is -0.0737. The van der Waals surface area contributed by atoms with Crippen molar-refractivity contribution in [3.05, 3.63) is 65.7 Å². The Morgan fingerprint density at radius 2 is 1.44 bits per heavy atom. The van der Waals surface area contributed by atoms with Crippen LogP contribution in [0.2, 0.25) is 0 Å². The fraction of sp³-hybridized carbons (Fsp3) is 0.0435. The molecule has 0 aliphatic carbocycles. The molecule has 0 unspecified atom stereocenters. The Morgan fingerprint density at radius 3 is 2.15 bits per heavy atom. The van der Waals surface area contributed by atoms with Crippen LogP contribution in [0.25, 0.3) is 43.1 Å². The average molecular weight is 463 g/mol. The molecule has 5 aromatic carbocycles. The van der Waals surface area contributed by atoms with Gasteiger partial charge in [0.1, 0.15) is 0 Å². The molecular weight excluding hydrogens is 449 g/mol. The van der Waals surface area contributed by atoms with Crippen molar-refractivity contribution in [3.63, 3.8) is 0 Å². The number of hydrogen-bond donors (Lipinski definition) is 1. The van der Waals surface area contributed by atoms with E-state index >= 15 is 0 Å². The van der Waals surface area contributed by atoms with Crippen LogP contribution in [0.4, 0.5) is 5.69 Å². The summed E-state index contributed by atoms with van der Waals surface area (Å²) < 4.78 is -0.0737. The van der Waals surface area contributed by atoms with E-state index in [0.717, 1.165) is 43.1 Å². The molecule has 0 saturated carbocycles. The average Bonchev–Trinajstić information content (AvgIpc) is 2.64. The van der Waals surface area contributed by atoms with Gasteiger partial charge in [0.25, 0.3) is 0 Å². The fourth-order valence-corrected chi connectivity index (χ4v) is 4.74. The van der Waals surface area contributed by atoms with Crippen LogP contribution in [0.1, 0.15) is 27.6 Å². The zero-order chi connectivity index (χ0) is 18.9. The van der Waals surface area contributed by atoms with Gasteiger partial charge in [-0.2, -0.15) is 0 Å². The summed E-state index contributed by atoms with van der Waals surface area (Å²) >= 11 is 1.79. The van der Waals surface area contributed by atoms with Gasteiger partial charge >= 0.3 is 0 Å². The largest absolute Gasteiger partial charge is 0.399 e. The zero-order valence-corrected chi connectivity index (χ0v) is 16.6. The second kappa shape index (κ2) is 5.63. The Balaban J connectivity index is 2.20. The molecule has 0 heterocycles. The quantitative estimate of drug-likeness (QED) is 0.0860. The number of nitrogen functional groups attached to an aromatic ring is 1. The summed E-state index contributed by atoms with van der Waals surface area (Å²) in [7, 11) is 0. The molecular formula is C23H14INO2. The van der Waals surface area contributed by atoms with Gasteiger partial charge in [0.05, 0.1) is 0 Å². The molecule has 0 saturated heterocycles. The highest BCUT2D eigenvalue weighted by molar-refractivity contribution is 14.1. The van der Waals surface area contributed by atoms with Crippen molar-refractivity contribution < 1.29 is 9.59 Å². The number of rotatable bonds is 2. The lowest BCUT2D eigenvalue weighted by Gasteiger charge is -2.17. The number of benzene rings is 5. The van der Waals surface area contributed by atoms with Gasteiger partial charge in [0.2, 0.25) is 3.79 Å². The summed E-state index contributed by atoms with van der Waals surface area (Å²) in [4.78, 5) is 24.6. The van der Waals surface area contributed by atoms with Gasteiger partial charge in [-0.15, -0.1) is 0 Å². The van der Waals surface area contributed by atoms with Crippen molar-refractivity contribution in [1.82, 2.24) is 0 Å². The number of carbonyl (C=O) groups is 2. The van der Waals surface area contributed by atoms with Gasteiger partial charge in [-0.1, -0.05) is 36.4 Å². The molecule has 130 valence electrons. The van der Waals surface area contributed by atoms with E-state index in [4.69, 9.17) is 5.73 Å². The van der Waals surface area contributed by atoms with Crippen molar-refractivity contribution in [2.24, 2.45) is 0 Å². The third-order valence-corrected chi connectivity index (χ3v) is 5.91. The molecule has 0 atom stereocenters. The maximum absolute atomic E-state index is 12.3. The minimum absolute atomic E-state index is 0.0471. The van der Waals surface area contributed by atoms with Gasteiger partial charge in [0.15, 0.2) is 5.78 Å². The molecule has 27 heavy (non-hydrogen) atoms. The maximum atomic E-state index is 12.3. The normalized spacial score (nSPS) is 11.8. The molecule has 2 N–H and O–H groups in total. The van der Waals surface area contributed by atoms with Gasteiger partial charge < -0.3 is 5.73 Å². The van der Waals surface area contributed by atoms with Crippen molar-refractivity contribution in [2.45, 2.75) is 6.92 Å². The molecule has 0 aliphatic heterocycles. The molecule has 0 aromatic heterocycles. The van der Waals surface area contributed by atoms with Gasteiger partial charge in [-0.05, 0) is 62.8 Å². The Kier molecular flexibility index (Phi) is 3.43. The lowest BCUT2D eigenvalue weighted by atomic mass is 9.86. The van der Waals surface area contributed by atoms with E-state index < -0.39 is 0 Å². The summed E-state index contributed by atoms with van der Waals surface area (Å²) in [6, 6.07) is 17.8. The van der Waals surface area contributed by atoms with Crippen molar-refractivity contribution in [2.75, 3.05) is 5.73 Å². The zero-order valence-electron chi connectivity index (χ0n) is 14.5. The Bertz CT molecular complexity index is 1420. The molecule has 0 amide bonds. The Labute approximate surface area is 168 Å². The standard InChI is InChI=1S/C23H14INO2/c1-11(26)14-5-6-16-15-4-2-3-12-9-13(25)10-19(20(12)15)17-7-8-18(23(24)27)21(14)22(16)17/h2-10H,25H2,1H3. The maximum Gasteiger partial charge on any atom is 0.223 e. The number of ketones is 1. The molecule has 0 bridgehead atoms. The van der Waals surface area contributed by atoms with Gasteiger partial charge in [0, 0.05) is 44.8 Å². The Hall–Kier alpha value is -2.73.